The predicted molar refractivity (Wildman–Crippen MR) is 227 cm³/mol. The Bertz CT molecular complexity index is 2100. The second kappa shape index (κ2) is 20.4. The maximum atomic E-state index is 14.2. The van der Waals surface area contributed by atoms with Crippen molar-refractivity contribution in [2.75, 3.05) is 49.9 Å². The Labute approximate surface area is 345 Å². The molecule has 2 fully saturated rings. The lowest BCUT2D eigenvalue weighted by Crippen LogP contribution is -2.51. The molecule has 0 spiro atoms. The number of amidine groups is 1. The number of anilines is 2. The van der Waals surface area contributed by atoms with Gasteiger partial charge in [0.25, 0.3) is 16.1 Å². The lowest BCUT2D eigenvalue weighted by atomic mass is 9.96. The van der Waals surface area contributed by atoms with Gasteiger partial charge in [-0.1, -0.05) is 67.8 Å². The van der Waals surface area contributed by atoms with Crippen molar-refractivity contribution in [2.24, 2.45) is 5.73 Å². The maximum Gasteiger partial charge on any atom is 0.299 e. The van der Waals surface area contributed by atoms with Gasteiger partial charge in [-0.2, -0.15) is 13.1 Å². The predicted octanol–water partition coefficient (Wildman–Crippen LogP) is 2.40. The van der Waals surface area contributed by atoms with Crippen LogP contribution in [0.1, 0.15) is 67.2 Å². The molecule has 3 aromatic carbocycles. The molecule has 59 heavy (non-hydrogen) atoms. The van der Waals surface area contributed by atoms with Gasteiger partial charge in [0, 0.05) is 88.1 Å². The van der Waals surface area contributed by atoms with Crippen LogP contribution in [-0.2, 0) is 42.4 Å². The Kier molecular flexibility index (Phi) is 14.8. The third-order valence-electron chi connectivity index (χ3n) is 10.7. The van der Waals surface area contributed by atoms with Gasteiger partial charge in [-0.3, -0.25) is 29.3 Å². The maximum absolute atomic E-state index is 14.2. The lowest BCUT2D eigenvalue weighted by Gasteiger charge is -2.34. The molecule has 0 radical (unpaired) electrons. The van der Waals surface area contributed by atoms with E-state index in [1.54, 1.807) is 72.8 Å². The first kappa shape index (κ1) is 43.0. The zero-order chi connectivity index (χ0) is 41.8. The highest BCUT2D eigenvalue weighted by Gasteiger charge is 2.27. The summed E-state index contributed by atoms with van der Waals surface area (Å²) in [7, 11) is -4.22. The SMILES string of the molecule is N=C(N)c1ccc(CNC(=O)[C@@H]2Cc3ccc(cc3)NC(=O)CCN3CCN(CCC(=O)Nc4ccc(cc4)/C=C(/NS(=O)(=O)NC4CCCCC4)C(=O)N2)CC3)cc1. The number of nitrogen functional groups attached to an aromatic ring is 1. The standard InChI is InChI=1S/C42H54N10O6S/c43-40(44)32-12-6-31(7-13-32)28-45-41(55)36-26-29-8-14-33(15-9-29)46-38(53)18-20-51-22-24-52(25-23-51)21-19-39(54)47-34-16-10-30(11-17-34)27-37(42(56)48-36)50-59(57,58)49-35-4-2-1-3-5-35/h6-17,27,35-36,49-50H,1-5,18-26,28H2,(H3,43,44)(H,45,55)(H,46,53)(H,47,54)(H,48,56)/b37-27+/t36-/m0/s1. The van der Waals surface area contributed by atoms with Gasteiger partial charge in [-0.25, -0.2) is 0 Å². The van der Waals surface area contributed by atoms with Crippen molar-refractivity contribution in [1.82, 2.24) is 29.9 Å². The van der Waals surface area contributed by atoms with E-state index in [1.807, 2.05) is 0 Å². The van der Waals surface area contributed by atoms with E-state index in [1.165, 1.54) is 6.08 Å². The third kappa shape index (κ3) is 13.5. The third-order valence-corrected chi connectivity index (χ3v) is 11.9. The number of piperazine rings is 1. The molecule has 4 amide bonds. The number of rotatable bonds is 8. The summed E-state index contributed by atoms with van der Waals surface area (Å²) in [5.41, 5.74) is 8.81. The fourth-order valence-electron chi connectivity index (χ4n) is 7.31. The zero-order valence-corrected chi connectivity index (χ0v) is 33.9. The molecule has 1 atom stereocenters. The summed E-state index contributed by atoms with van der Waals surface area (Å²) >= 11 is 0. The summed E-state index contributed by atoms with van der Waals surface area (Å²) in [5.74, 6) is -1.73. The number of nitrogens with zero attached hydrogens (tertiary/aromatic N) is 2. The number of hydrogen-bond donors (Lipinski definition) is 8. The molecule has 6 aliphatic rings. The Morgan fingerprint density at radius 1 is 0.763 bits per heavy atom. The summed E-state index contributed by atoms with van der Waals surface area (Å²) in [5, 5.41) is 19.1. The van der Waals surface area contributed by atoms with Gasteiger partial charge in [-0.15, -0.1) is 0 Å². The van der Waals surface area contributed by atoms with Crippen LogP contribution >= 0.6 is 0 Å². The van der Waals surface area contributed by atoms with Crippen molar-refractivity contribution in [2.45, 2.75) is 70.0 Å². The number of carbonyl (C=O) groups is 4. The minimum Gasteiger partial charge on any atom is -0.384 e. The number of benzene rings is 3. The quantitative estimate of drug-likeness (QED) is 0.123. The normalized spacial score (nSPS) is 22.3. The van der Waals surface area contributed by atoms with E-state index in [9.17, 15) is 27.6 Å². The Morgan fingerprint density at radius 2 is 1.32 bits per heavy atom. The van der Waals surface area contributed by atoms with Crippen LogP contribution in [0.15, 0.2) is 78.5 Å². The van der Waals surface area contributed by atoms with Crippen LogP contribution in [0, 0.1) is 5.41 Å². The number of amides is 4. The van der Waals surface area contributed by atoms with Crippen molar-refractivity contribution in [3.05, 3.63) is 101 Å². The van der Waals surface area contributed by atoms with Crippen LogP contribution in [0.3, 0.4) is 0 Å². The monoisotopic (exact) mass is 826 g/mol. The molecule has 6 bridgehead atoms. The van der Waals surface area contributed by atoms with Crippen LogP contribution in [0.25, 0.3) is 6.08 Å². The van der Waals surface area contributed by atoms with Crippen LogP contribution in [0.5, 0.6) is 0 Å². The first-order valence-corrected chi connectivity index (χ1v) is 21.6. The molecule has 9 N–H and O–H groups in total. The number of nitrogens with two attached hydrogens (primary N) is 1. The van der Waals surface area contributed by atoms with Gasteiger partial charge >= 0.3 is 0 Å². The summed E-state index contributed by atoms with van der Waals surface area (Å²) in [4.78, 5) is 58.3. The van der Waals surface area contributed by atoms with Crippen LogP contribution in [0.2, 0.25) is 0 Å². The van der Waals surface area contributed by atoms with Gasteiger partial charge in [0.2, 0.25) is 17.7 Å². The average Bonchev–Trinajstić information content (AvgIpc) is 3.22. The molecule has 1 aliphatic carbocycles. The van der Waals surface area contributed by atoms with Crippen molar-refractivity contribution >= 4 is 57.1 Å². The number of fused-ring (bicyclic) bond motifs is 3. The molecular weight excluding hydrogens is 773 g/mol. The summed E-state index contributed by atoms with van der Waals surface area (Å²) in [6, 6.07) is 19.1. The number of hydrogen-bond acceptors (Lipinski definition) is 9. The molecule has 17 heteroatoms. The largest absolute Gasteiger partial charge is 0.384 e. The topological polar surface area (TPSA) is 231 Å². The van der Waals surface area contributed by atoms with Crippen molar-refractivity contribution in [3.63, 3.8) is 0 Å². The van der Waals surface area contributed by atoms with E-state index < -0.39 is 28.1 Å². The number of carbonyl (C=O) groups excluding carboxylic acids is 4. The summed E-state index contributed by atoms with van der Waals surface area (Å²) in [6.45, 7) is 4.48. The molecule has 3 aromatic rings. The fourth-order valence-corrected chi connectivity index (χ4v) is 8.48. The molecular formula is C42H54N10O6S. The van der Waals surface area contributed by atoms with Gasteiger partial charge < -0.3 is 36.8 Å². The molecule has 314 valence electrons. The van der Waals surface area contributed by atoms with Gasteiger partial charge in [0.1, 0.15) is 17.6 Å². The Hall–Kier alpha value is -5.62. The highest BCUT2D eigenvalue weighted by molar-refractivity contribution is 7.87. The van der Waals surface area contributed by atoms with E-state index in [4.69, 9.17) is 11.1 Å². The van der Waals surface area contributed by atoms with E-state index in [0.29, 0.717) is 66.8 Å². The minimum absolute atomic E-state index is 0.0375. The van der Waals surface area contributed by atoms with E-state index in [-0.39, 0.29) is 42.4 Å². The zero-order valence-electron chi connectivity index (χ0n) is 33.1. The van der Waals surface area contributed by atoms with Gasteiger partial charge in [0.05, 0.1) is 0 Å². The molecule has 5 heterocycles. The molecule has 16 nitrogen and oxygen atoms in total. The lowest BCUT2D eigenvalue weighted by molar-refractivity contribution is -0.127. The van der Waals surface area contributed by atoms with E-state index in [0.717, 1.165) is 51.0 Å². The molecule has 5 aliphatic heterocycles. The van der Waals surface area contributed by atoms with Gasteiger partial charge in [0.15, 0.2) is 0 Å². The van der Waals surface area contributed by atoms with Crippen LogP contribution in [0.4, 0.5) is 11.4 Å². The Balaban J connectivity index is 1.27. The van der Waals surface area contributed by atoms with E-state index >= 15 is 0 Å². The summed E-state index contributed by atoms with van der Waals surface area (Å²) in [6.07, 6.45) is 6.19. The Morgan fingerprint density at radius 3 is 1.88 bits per heavy atom. The first-order chi connectivity index (χ1) is 28.4. The van der Waals surface area contributed by atoms with Crippen molar-refractivity contribution in [3.8, 4) is 0 Å². The van der Waals surface area contributed by atoms with E-state index in [2.05, 4.69) is 40.5 Å². The molecule has 0 aromatic heterocycles. The average molecular weight is 827 g/mol. The van der Waals surface area contributed by atoms with Crippen LogP contribution in [-0.4, -0.2) is 99.0 Å². The summed E-state index contributed by atoms with van der Waals surface area (Å²) < 4.78 is 32.1. The highest BCUT2D eigenvalue weighted by atomic mass is 32.2. The molecule has 1 saturated carbocycles. The minimum atomic E-state index is -4.22. The molecule has 0 unspecified atom stereocenters. The second-order valence-electron chi connectivity index (χ2n) is 15.3. The van der Waals surface area contributed by atoms with Gasteiger partial charge in [-0.05, 0) is 59.9 Å². The highest BCUT2D eigenvalue weighted by Crippen LogP contribution is 2.19. The smallest absolute Gasteiger partial charge is 0.299 e. The number of nitrogens with one attached hydrogen (secondary N) is 7. The molecule has 9 rings (SSSR count). The van der Waals surface area contributed by atoms with Crippen molar-refractivity contribution < 1.29 is 27.6 Å². The second-order valence-corrected chi connectivity index (χ2v) is 16.7. The first-order valence-electron chi connectivity index (χ1n) is 20.1. The fraction of sp³-hybridized carbons (Fsp3) is 0.405. The van der Waals surface area contributed by atoms with Crippen molar-refractivity contribution in [1.29, 1.82) is 5.41 Å². The van der Waals surface area contributed by atoms with Crippen LogP contribution < -0.4 is 36.4 Å². The molecule has 1 saturated heterocycles.